The zero-order chi connectivity index (χ0) is 22.3. The van der Waals surface area contributed by atoms with Gasteiger partial charge in [-0.3, -0.25) is 28.1 Å². The van der Waals surface area contributed by atoms with E-state index in [1.807, 2.05) is 0 Å². The summed E-state index contributed by atoms with van der Waals surface area (Å²) < 4.78 is 75.5. The molecule has 0 aromatic heterocycles. The topological polar surface area (TPSA) is 91.4 Å². The third-order valence-corrected chi connectivity index (χ3v) is 6.65. The number of halogens is 3. The van der Waals surface area contributed by atoms with Crippen molar-refractivity contribution in [3.8, 4) is 0 Å². The molecule has 3 heterocycles. The van der Waals surface area contributed by atoms with Crippen molar-refractivity contribution in [2.45, 2.75) is 44.6 Å². The predicted molar refractivity (Wildman–Crippen MR) is 98.1 cm³/mol. The van der Waals surface area contributed by atoms with E-state index in [4.69, 9.17) is 18.3 Å². The van der Waals surface area contributed by atoms with E-state index < -0.39 is 61.8 Å². The molecular formula is C19H19F3NO7P. The van der Waals surface area contributed by atoms with E-state index in [2.05, 4.69) is 0 Å². The van der Waals surface area contributed by atoms with Gasteiger partial charge in [0.2, 0.25) is 11.7 Å². The van der Waals surface area contributed by atoms with Crippen molar-refractivity contribution in [3.63, 3.8) is 0 Å². The smallest absolute Gasteiger partial charge is 0.349 e. The van der Waals surface area contributed by atoms with Crippen LogP contribution in [0.25, 0.3) is 0 Å². The van der Waals surface area contributed by atoms with E-state index in [1.165, 1.54) is 12.1 Å². The number of ether oxygens (including phenoxy) is 1. The highest BCUT2D eigenvalue weighted by atomic mass is 31.2. The van der Waals surface area contributed by atoms with E-state index in [-0.39, 0.29) is 31.6 Å². The van der Waals surface area contributed by atoms with Crippen molar-refractivity contribution < 1.29 is 45.6 Å². The fourth-order valence-corrected chi connectivity index (χ4v) is 5.01. The summed E-state index contributed by atoms with van der Waals surface area (Å²) in [5.74, 6) is -4.06. The molecule has 2 saturated heterocycles. The highest BCUT2D eigenvalue weighted by Crippen LogP contribution is 2.56. The summed E-state index contributed by atoms with van der Waals surface area (Å²) >= 11 is 0. The maximum Gasteiger partial charge on any atom is 0.475 e. The molecule has 31 heavy (non-hydrogen) atoms. The quantitative estimate of drug-likeness (QED) is 0.492. The van der Waals surface area contributed by atoms with E-state index in [9.17, 15) is 27.3 Å². The molecule has 2 fully saturated rings. The molecule has 0 bridgehead atoms. The Morgan fingerprint density at radius 3 is 2.61 bits per heavy atom. The second-order valence-electron chi connectivity index (χ2n) is 7.42. The molecule has 1 unspecified atom stereocenters. The first-order chi connectivity index (χ1) is 14.6. The number of rotatable bonds is 5. The summed E-state index contributed by atoms with van der Waals surface area (Å²) in [6, 6.07) is 2.36. The van der Waals surface area contributed by atoms with Crippen molar-refractivity contribution in [2.75, 3.05) is 13.2 Å². The fraction of sp³-hybridized carbons (Fsp3) is 0.474. The largest absolute Gasteiger partial charge is 0.475 e. The van der Waals surface area contributed by atoms with Crippen LogP contribution in [0, 0.1) is 18.6 Å². The Morgan fingerprint density at radius 2 is 1.90 bits per heavy atom. The molecule has 0 N–H and O–H groups in total. The van der Waals surface area contributed by atoms with Crippen LogP contribution < -0.4 is 0 Å². The van der Waals surface area contributed by atoms with Crippen LogP contribution in [-0.4, -0.2) is 48.2 Å². The standard InChI is InChI=1S/C19H19F3NO7P/c1-10-4-12(20)11(13(21)5-10)2-3-27-31(26)28-9-17-16(30-31)7-19(29-17)23-8-14(22)15(24)6-18(23)25/h4-5,8,16-17,19H,2-3,6-7,9H2,1H3/t16-,17+,19+,31?/m0/s1. The van der Waals surface area contributed by atoms with Gasteiger partial charge in [-0.25, -0.2) is 17.7 Å². The maximum absolute atomic E-state index is 13.9. The van der Waals surface area contributed by atoms with Gasteiger partial charge in [0.25, 0.3) is 0 Å². The van der Waals surface area contributed by atoms with Crippen LogP contribution in [0.3, 0.4) is 0 Å². The van der Waals surface area contributed by atoms with Gasteiger partial charge in [0, 0.05) is 24.6 Å². The third-order valence-electron chi connectivity index (χ3n) is 5.16. The molecule has 12 heteroatoms. The molecule has 4 rings (SSSR count). The number of benzene rings is 1. The van der Waals surface area contributed by atoms with E-state index in [0.29, 0.717) is 5.56 Å². The normalized spacial score (nSPS) is 31.0. The molecule has 1 aromatic rings. The Balaban J connectivity index is 1.36. The average Bonchev–Trinajstić information content (AvgIpc) is 3.09. The van der Waals surface area contributed by atoms with Gasteiger partial charge >= 0.3 is 7.82 Å². The molecule has 0 spiro atoms. The SMILES string of the molecule is Cc1cc(F)c(CCOP2(=O)OC[C@H]3O[C@@H](N4C=C(F)C(=O)CC4=O)C[C@@H]3O2)c(F)c1. The van der Waals surface area contributed by atoms with Gasteiger partial charge in [-0.1, -0.05) is 0 Å². The number of ketones is 1. The van der Waals surface area contributed by atoms with Crippen LogP contribution in [0.1, 0.15) is 24.0 Å². The lowest BCUT2D eigenvalue weighted by Gasteiger charge is -2.30. The van der Waals surface area contributed by atoms with Crippen LogP contribution >= 0.6 is 7.82 Å². The molecule has 168 valence electrons. The monoisotopic (exact) mass is 461 g/mol. The van der Waals surface area contributed by atoms with Crippen LogP contribution in [0.2, 0.25) is 0 Å². The summed E-state index contributed by atoms with van der Waals surface area (Å²) in [5, 5.41) is 0. The zero-order valence-electron chi connectivity index (χ0n) is 16.4. The first-order valence-corrected chi connectivity index (χ1v) is 11.0. The molecule has 3 aliphatic heterocycles. The third kappa shape index (κ3) is 4.61. The van der Waals surface area contributed by atoms with Gasteiger partial charge in [0.1, 0.15) is 30.1 Å². The Kier molecular flexibility index (Phi) is 6.06. The molecule has 4 atom stereocenters. The van der Waals surface area contributed by atoms with Gasteiger partial charge in [-0.2, -0.15) is 0 Å². The number of aryl methyl sites for hydroxylation is 1. The van der Waals surface area contributed by atoms with Crippen LogP contribution in [0.5, 0.6) is 0 Å². The molecule has 1 amide bonds. The van der Waals surface area contributed by atoms with Crippen molar-refractivity contribution in [1.82, 2.24) is 4.90 Å². The number of phosphoric acid groups is 1. The number of hydrogen-bond donors (Lipinski definition) is 0. The van der Waals surface area contributed by atoms with E-state index in [0.717, 1.165) is 11.1 Å². The van der Waals surface area contributed by atoms with Gasteiger partial charge in [0.15, 0.2) is 5.83 Å². The minimum absolute atomic E-state index is 0.0479. The van der Waals surface area contributed by atoms with Gasteiger partial charge in [0.05, 0.1) is 19.6 Å². The Morgan fingerprint density at radius 1 is 1.19 bits per heavy atom. The van der Waals surface area contributed by atoms with Crippen molar-refractivity contribution in [1.29, 1.82) is 0 Å². The van der Waals surface area contributed by atoms with E-state index in [1.54, 1.807) is 6.92 Å². The number of nitrogens with zero attached hydrogens (tertiary/aromatic N) is 1. The first kappa shape index (κ1) is 22.2. The van der Waals surface area contributed by atoms with Crippen LogP contribution in [-0.2, 0) is 38.9 Å². The molecular weight excluding hydrogens is 442 g/mol. The van der Waals surface area contributed by atoms with Gasteiger partial charge in [-0.15, -0.1) is 0 Å². The summed E-state index contributed by atoms with van der Waals surface area (Å²) in [7, 11) is -4.04. The number of Topliss-reactive ketones (excluding diaryl/α,β-unsaturated/α-hetero) is 1. The summed E-state index contributed by atoms with van der Waals surface area (Å²) in [5.41, 5.74) is 0.225. The number of allylic oxidation sites excluding steroid dienone is 1. The maximum atomic E-state index is 13.9. The second-order valence-corrected chi connectivity index (χ2v) is 9.04. The number of carbonyl (C=O) groups excluding carboxylic acids is 2. The predicted octanol–water partition coefficient (Wildman–Crippen LogP) is 3.08. The lowest BCUT2D eigenvalue weighted by molar-refractivity contribution is -0.146. The van der Waals surface area contributed by atoms with Gasteiger partial charge < -0.3 is 4.74 Å². The first-order valence-electron chi connectivity index (χ1n) is 9.54. The van der Waals surface area contributed by atoms with Crippen LogP contribution in [0.15, 0.2) is 24.2 Å². The molecule has 8 nitrogen and oxygen atoms in total. The zero-order valence-corrected chi connectivity index (χ0v) is 17.3. The number of fused-ring (bicyclic) bond motifs is 1. The molecule has 0 saturated carbocycles. The Hall–Kier alpha value is -2.04. The molecule has 0 aliphatic carbocycles. The fourth-order valence-electron chi connectivity index (χ4n) is 3.61. The molecule has 0 radical (unpaired) electrons. The average molecular weight is 461 g/mol. The van der Waals surface area contributed by atoms with Crippen molar-refractivity contribution in [3.05, 3.63) is 46.9 Å². The minimum Gasteiger partial charge on any atom is -0.349 e. The highest BCUT2D eigenvalue weighted by Gasteiger charge is 2.49. The van der Waals surface area contributed by atoms with Gasteiger partial charge in [-0.05, 0) is 24.6 Å². The molecule has 1 aromatic carbocycles. The number of phosphoric ester groups is 1. The highest BCUT2D eigenvalue weighted by molar-refractivity contribution is 7.48. The van der Waals surface area contributed by atoms with Crippen molar-refractivity contribution in [2.24, 2.45) is 0 Å². The minimum atomic E-state index is -4.04. The van der Waals surface area contributed by atoms with Crippen molar-refractivity contribution >= 4 is 19.5 Å². The number of carbonyl (C=O) groups is 2. The number of amides is 1. The number of hydrogen-bond acceptors (Lipinski definition) is 7. The summed E-state index contributed by atoms with van der Waals surface area (Å²) in [4.78, 5) is 24.3. The van der Waals surface area contributed by atoms with E-state index >= 15 is 0 Å². The second kappa shape index (κ2) is 8.48. The Labute approximate surface area is 175 Å². The lowest BCUT2D eigenvalue weighted by atomic mass is 10.1. The summed E-state index contributed by atoms with van der Waals surface area (Å²) in [6.07, 6.45) is -2.37. The summed E-state index contributed by atoms with van der Waals surface area (Å²) in [6.45, 7) is 1.05. The van der Waals surface area contributed by atoms with Crippen LogP contribution in [0.4, 0.5) is 13.2 Å². The Bertz CT molecular complexity index is 978. The molecule has 3 aliphatic rings. The lowest BCUT2D eigenvalue weighted by Crippen LogP contribution is -2.40.